The molecule has 31 heavy (non-hydrogen) atoms. The van der Waals surface area contributed by atoms with Crippen molar-refractivity contribution in [1.82, 2.24) is 0 Å². The Bertz CT molecular complexity index is 709. The predicted molar refractivity (Wildman–Crippen MR) is 69.7 cm³/mol. The van der Waals surface area contributed by atoms with Crippen LogP contribution in [-0.4, -0.2) is 53.8 Å². The SMILES string of the molecule is CC(C)C(OC(=O)C=CC(=O)[O-])C(F)(F)C(F)(F)C(F)(F)C(F)(F)C(F)(F)C(F)(F)F. The molecule has 182 valence electrons. The number of carboxylic acids is 1. The number of esters is 1. The first-order chi connectivity index (χ1) is 13.4. The second kappa shape index (κ2) is 8.37. The molecule has 0 amide bonds. The van der Waals surface area contributed by atoms with Crippen LogP contribution in [-0.2, 0) is 14.3 Å². The van der Waals surface area contributed by atoms with Crippen LogP contribution in [0, 0.1) is 5.92 Å². The first kappa shape index (κ1) is 28.8. The van der Waals surface area contributed by atoms with Crippen LogP contribution in [0.5, 0.6) is 0 Å². The van der Waals surface area contributed by atoms with Gasteiger partial charge in [-0.3, -0.25) is 0 Å². The van der Waals surface area contributed by atoms with Gasteiger partial charge in [-0.25, -0.2) is 4.79 Å². The highest BCUT2D eigenvalue weighted by Crippen LogP contribution is 2.61. The van der Waals surface area contributed by atoms with Crippen LogP contribution in [0.3, 0.4) is 0 Å². The van der Waals surface area contributed by atoms with Gasteiger partial charge in [0.15, 0.2) is 6.10 Å². The van der Waals surface area contributed by atoms with Crippen molar-refractivity contribution in [3.63, 3.8) is 0 Å². The van der Waals surface area contributed by atoms with E-state index in [-0.39, 0.29) is 12.2 Å². The molecule has 0 heterocycles. The third-order valence-electron chi connectivity index (χ3n) is 3.52. The van der Waals surface area contributed by atoms with Gasteiger partial charge in [-0.1, -0.05) is 13.8 Å². The van der Waals surface area contributed by atoms with E-state index in [2.05, 4.69) is 4.74 Å². The molecule has 1 unspecified atom stereocenters. The topological polar surface area (TPSA) is 66.4 Å². The van der Waals surface area contributed by atoms with Gasteiger partial charge in [0.2, 0.25) is 0 Å². The zero-order valence-corrected chi connectivity index (χ0v) is 14.9. The molecule has 0 bridgehead atoms. The summed E-state index contributed by atoms with van der Waals surface area (Å²) in [5, 5.41) is 10.1. The fraction of sp³-hybridized carbons (Fsp3) is 0.714. The molecule has 0 fully saturated rings. The third-order valence-corrected chi connectivity index (χ3v) is 3.52. The fourth-order valence-electron chi connectivity index (χ4n) is 1.89. The maximum atomic E-state index is 14.1. The first-order valence-corrected chi connectivity index (χ1v) is 7.45. The Morgan fingerprint density at radius 3 is 1.42 bits per heavy atom. The van der Waals surface area contributed by atoms with E-state index in [1.54, 1.807) is 0 Å². The highest BCUT2D eigenvalue weighted by Gasteiger charge is 2.91. The number of halogens is 13. The molecule has 0 radical (unpaired) electrons. The average Bonchev–Trinajstić information content (AvgIpc) is 2.55. The van der Waals surface area contributed by atoms with E-state index in [1.807, 2.05) is 0 Å². The van der Waals surface area contributed by atoms with Crippen molar-refractivity contribution in [1.29, 1.82) is 0 Å². The largest absolute Gasteiger partial charge is 0.545 e. The number of ether oxygens (including phenoxy) is 1. The molecule has 0 aromatic rings. The molecule has 0 N–H and O–H groups in total. The maximum absolute atomic E-state index is 14.1. The molecule has 0 aromatic carbocycles. The second-order valence-electron chi connectivity index (χ2n) is 6.17. The summed E-state index contributed by atoms with van der Waals surface area (Å²) >= 11 is 0. The van der Waals surface area contributed by atoms with E-state index < -0.39 is 59.7 Å². The molecule has 1 atom stereocenters. The van der Waals surface area contributed by atoms with Crippen molar-refractivity contribution in [2.75, 3.05) is 0 Å². The molecule has 0 rings (SSSR count). The highest BCUT2D eigenvalue weighted by molar-refractivity contribution is 5.90. The highest BCUT2D eigenvalue weighted by atomic mass is 19.4. The van der Waals surface area contributed by atoms with Crippen LogP contribution in [0.1, 0.15) is 13.8 Å². The Morgan fingerprint density at radius 1 is 0.710 bits per heavy atom. The minimum atomic E-state index is -8.09. The van der Waals surface area contributed by atoms with Crippen LogP contribution in [0.15, 0.2) is 12.2 Å². The van der Waals surface area contributed by atoms with Crippen LogP contribution in [0.25, 0.3) is 0 Å². The predicted octanol–water partition coefficient (Wildman–Crippen LogP) is 3.60. The Hall–Kier alpha value is -2.23. The molecule has 0 aliphatic rings. The summed E-state index contributed by atoms with van der Waals surface area (Å²) in [5.74, 6) is -44.9. The summed E-state index contributed by atoms with van der Waals surface area (Å²) < 4.78 is 174. The van der Waals surface area contributed by atoms with Crippen molar-refractivity contribution in [2.45, 2.75) is 55.7 Å². The summed E-state index contributed by atoms with van der Waals surface area (Å²) in [4.78, 5) is 21.3. The number of aliphatic carboxylic acids is 1. The number of carboxylic acid groups (broad SMARTS) is 1. The first-order valence-electron chi connectivity index (χ1n) is 7.45. The quantitative estimate of drug-likeness (QED) is 0.282. The summed E-state index contributed by atoms with van der Waals surface area (Å²) in [6.07, 6.45) is -11.8. The molecule has 0 saturated heterocycles. The number of carbonyl (C=O) groups excluding carboxylic acids is 2. The molecule has 17 heteroatoms. The number of carbonyl (C=O) groups is 2. The van der Waals surface area contributed by atoms with E-state index in [9.17, 15) is 71.8 Å². The van der Waals surface area contributed by atoms with Gasteiger partial charge in [-0.15, -0.1) is 0 Å². The normalized spacial score (nSPS) is 16.0. The van der Waals surface area contributed by atoms with Crippen molar-refractivity contribution in [3.8, 4) is 0 Å². The van der Waals surface area contributed by atoms with Crippen LogP contribution >= 0.6 is 0 Å². The van der Waals surface area contributed by atoms with E-state index in [4.69, 9.17) is 0 Å². The van der Waals surface area contributed by atoms with Gasteiger partial charge >= 0.3 is 41.8 Å². The average molecular weight is 489 g/mol. The lowest BCUT2D eigenvalue weighted by Crippen LogP contribution is -2.72. The Kier molecular flexibility index (Phi) is 7.77. The third kappa shape index (κ3) is 4.83. The fourth-order valence-corrected chi connectivity index (χ4v) is 1.89. The summed E-state index contributed by atoms with van der Waals surface area (Å²) in [6.45, 7) is 0.927. The summed E-state index contributed by atoms with van der Waals surface area (Å²) in [6, 6.07) is 0. The lowest BCUT2D eigenvalue weighted by molar-refractivity contribution is -0.445. The van der Waals surface area contributed by atoms with Gasteiger partial charge in [0, 0.05) is 6.08 Å². The van der Waals surface area contributed by atoms with Gasteiger partial charge < -0.3 is 14.6 Å². The molecule has 0 aromatic heterocycles. The van der Waals surface area contributed by atoms with Crippen molar-refractivity contribution >= 4 is 11.9 Å². The summed E-state index contributed by atoms with van der Waals surface area (Å²) in [7, 11) is 0. The Morgan fingerprint density at radius 2 is 1.10 bits per heavy atom. The van der Waals surface area contributed by atoms with Crippen molar-refractivity contribution < 1.29 is 76.5 Å². The van der Waals surface area contributed by atoms with Crippen molar-refractivity contribution in [3.05, 3.63) is 12.2 Å². The van der Waals surface area contributed by atoms with Gasteiger partial charge in [0.25, 0.3) is 0 Å². The number of alkyl halides is 13. The zero-order chi connectivity index (χ0) is 25.4. The van der Waals surface area contributed by atoms with Crippen molar-refractivity contribution in [2.24, 2.45) is 5.92 Å². The maximum Gasteiger partial charge on any atom is 0.460 e. The number of rotatable bonds is 9. The summed E-state index contributed by atoms with van der Waals surface area (Å²) in [5.41, 5.74) is 0. The Labute approximate surface area is 163 Å². The molecule has 0 saturated carbocycles. The van der Waals surface area contributed by atoms with Gasteiger partial charge in [0.1, 0.15) is 0 Å². The minimum Gasteiger partial charge on any atom is -0.545 e. The molecule has 0 spiro atoms. The lowest BCUT2D eigenvalue weighted by Gasteiger charge is -2.42. The standard InChI is InChI=1S/C14H11F13O4/c1-5(2)8(31-7(30)4-3-6(28)29)9(15,16)10(17,18)11(19,20)12(21,22)13(23,24)14(25,26)27/h3-5,8H,1-2H3,(H,28,29)/p-1. The number of hydrogen-bond acceptors (Lipinski definition) is 4. The van der Waals surface area contributed by atoms with E-state index in [1.165, 1.54) is 0 Å². The molecule has 0 aliphatic heterocycles. The van der Waals surface area contributed by atoms with Crippen LogP contribution in [0.2, 0.25) is 0 Å². The molecule has 0 aliphatic carbocycles. The van der Waals surface area contributed by atoms with Gasteiger partial charge in [0.05, 0.1) is 5.97 Å². The van der Waals surface area contributed by atoms with E-state index in [0.29, 0.717) is 13.8 Å². The van der Waals surface area contributed by atoms with Crippen LogP contribution < -0.4 is 5.11 Å². The van der Waals surface area contributed by atoms with Gasteiger partial charge in [-0.2, -0.15) is 57.1 Å². The van der Waals surface area contributed by atoms with E-state index >= 15 is 0 Å². The zero-order valence-electron chi connectivity index (χ0n) is 14.9. The van der Waals surface area contributed by atoms with Crippen LogP contribution in [0.4, 0.5) is 57.1 Å². The second-order valence-corrected chi connectivity index (χ2v) is 6.17. The Balaban J connectivity index is 6.44. The smallest absolute Gasteiger partial charge is 0.460 e. The molecule has 4 nitrogen and oxygen atoms in total. The minimum absolute atomic E-state index is 0.206. The number of hydrogen-bond donors (Lipinski definition) is 0. The molecular weight excluding hydrogens is 479 g/mol. The van der Waals surface area contributed by atoms with E-state index in [0.717, 1.165) is 0 Å². The monoisotopic (exact) mass is 489 g/mol. The van der Waals surface area contributed by atoms with Gasteiger partial charge in [-0.05, 0) is 12.0 Å². The molecular formula is C14H10F13O4-. The lowest BCUT2D eigenvalue weighted by atomic mass is 9.88.